The SMILES string of the molecule is NCC(=O)NCc1ccc2c(c1)[C@@H](C(=O)O)[C@@H](CCCB(O)O)C2. The number of hydrogen-bond acceptors (Lipinski definition) is 5. The van der Waals surface area contributed by atoms with E-state index >= 15 is 0 Å². The maximum absolute atomic E-state index is 11.7. The van der Waals surface area contributed by atoms with Gasteiger partial charge in [-0.25, -0.2) is 0 Å². The van der Waals surface area contributed by atoms with Crippen LogP contribution in [0.25, 0.3) is 0 Å². The Hall–Kier alpha value is -1.90. The maximum Gasteiger partial charge on any atom is 0.451 e. The second-order valence-corrected chi connectivity index (χ2v) is 6.21. The molecule has 2 rings (SSSR count). The highest BCUT2D eigenvalue weighted by atomic mass is 16.4. The largest absolute Gasteiger partial charge is 0.481 e. The first kappa shape index (κ1) is 18.4. The molecule has 0 aliphatic heterocycles. The van der Waals surface area contributed by atoms with Crippen LogP contribution in [-0.4, -0.2) is 40.7 Å². The third-order valence-electron chi connectivity index (χ3n) is 4.48. The zero-order valence-electron chi connectivity index (χ0n) is 13.4. The number of carboxylic acids is 1. The van der Waals surface area contributed by atoms with Crippen LogP contribution in [0.2, 0.25) is 6.32 Å². The van der Waals surface area contributed by atoms with Gasteiger partial charge < -0.3 is 26.2 Å². The van der Waals surface area contributed by atoms with Crippen molar-refractivity contribution in [1.82, 2.24) is 5.32 Å². The van der Waals surface area contributed by atoms with Gasteiger partial charge in [-0.1, -0.05) is 24.6 Å². The number of benzene rings is 1. The summed E-state index contributed by atoms with van der Waals surface area (Å²) in [7, 11) is -1.35. The first-order valence-electron chi connectivity index (χ1n) is 8.09. The zero-order chi connectivity index (χ0) is 17.7. The summed E-state index contributed by atoms with van der Waals surface area (Å²) in [5.74, 6) is -1.77. The van der Waals surface area contributed by atoms with Crippen molar-refractivity contribution in [3.63, 3.8) is 0 Å². The van der Waals surface area contributed by atoms with E-state index in [0.717, 1.165) is 16.7 Å². The second-order valence-electron chi connectivity index (χ2n) is 6.21. The molecule has 0 radical (unpaired) electrons. The summed E-state index contributed by atoms with van der Waals surface area (Å²) in [4.78, 5) is 23.0. The summed E-state index contributed by atoms with van der Waals surface area (Å²) in [6, 6.07) is 5.64. The van der Waals surface area contributed by atoms with Crippen molar-refractivity contribution in [3.8, 4) is 0 Å². The molecule has 1 aromatic carbocycles. The van der Waals surface area contributed by atoms with E-state index in [4.69, 9.17) is 15.8 Å². The Labute approximate surface area is 141 Å². The molecule has 130 valence electrons. The molecule has 8 heteroatoms. The van der Waals surface area contributed by atoms with Crippen LogP contribution in [0.1, 0.15) is 35.4 Å². The molecule has 0 saturated carbocycles. The third kappa shape index (κ3) is 4.56. The Morgan fingerprint density at radius 3 is 2.71 bits per heavy atom. The first-order valence-corrected chi connectivity index (χ1v) is 8.09. The van der Waals surface area contributed by atoms with Gasteiger partial charge in [0.05, 0.1) is 12.5 Å². The minimum absolute atomic E-state index is 0.0508. The quantitative estimate of drug-likeness (QED) is 0.420. The molecule has 7 nitrogen and oxygen atoms in total. The molecular formula is C16H23BN2O5. The average molecular weight is 334 g/mol. The third-order valence-corrected chi connectivity index (χ3v) is 4.48. The topological polar surface area (TPSA) is 133 Å². The summed E-state index contributed by atoms with van der Waals surface area (Å²) in [6.07, 6.45) is 2.11. The standard InChI is InChI=1S/C16H23BN2O5/c18-8-14(20)19-9-10-3-4-11-7-12(2-1-5-17(23)24)15(16(21)22)13(11)6-10/h3-4,6,12,15,23-24H,1-2,5,7-9,18H2,(H,19,20)(H,21,22)/t12-,15-/m0/s1. The van der Waals surface area contributed by atoms with Crippen LogP contribution < -0.4 is 11.1 Å². The van der Waals surface area contributed by atoms with Gasteiger partial charge in [-0.05, 0) is 41.8 Å². The van der Waals surface area contributed by atoms with Crippen LogP contribution >= 0.6 is 0 Å². The summed E-state index contributed by atoms with van der Waals surface area (Å²) in [5.41, 5.74) is 7.88. The molecule has 0 saturated heterocycles. The van der Waals surface area contributed by atoms with E-state index in [9.17, 15) is 14.7 Å². The predicted molar refractivity (Wildman–Crippen MR) is 89.1 cm³/mol. The molecule has 0 unspecified atom stereocenters. The van der Waals surface area contributed by atoms with Crippen LogP contribution in [0.5, 0.6) is 0 Å². The number of rotatable bonds is 8. The normalized spacial score (nSPS) is 19.0. The van der Waals surface area contributed by atoms with Crippen molar-refractivity contribution in [3.05, 3.63) is 34.9 Å². The number of fused-ring (bicyclic) bond motifs is 1. The number of nitrogens with one attached hydrogen (secondary N) is 1. The Morgan fingerprint density at radius 1 is 1.33 bits per heavy atom. The van der Waals surface area contributed by atoms with Gasteiger partial charge in [-0.3, -0.25) is 9.59 Å². The second kappa shape index (κ2) is 8.28. The van der Waals surface area contributed by atoms with Crippen molar-refractivity contribution < 1.29 is 24.7 Å². The van der Waals surface area contributed by atoms with E-state index in [0.29, 0.717) is 25.8 Å². The number of carbonyl (C=O) groups excluding carboxylic acids is 1. The fourth-order valence-corrected chi connectivity index (χ4v) is 3.32. The molecule has 6 N–H and O–H groups in total. The Bertz CT molecular complexity index is 608. The lowest BCUT2D eigenvalue weighted by Crippen LogP contribution is -2.29. The van der Waals surface area contributed by atoms with Gasteiger partial charge in [-0.15, -0.1) is 0 Å². The molecule has 1 aliphatic rings. The molecule has 1 aromatic rings. The number of amides is 1. The number of nitrogens with two attached hydrogens (primary N) is 1. The first-order chi connectivity index (χ1) is 11.4. The van der Waals surface area contributed by atoms with Gasteiger partial charge in [-0.2, -0.15) is 0 Å². The van der Waals surface area contributed by atoms with E-state index in [2.05, 4.69) is 5.32 Å². The van der Waals surface area contributed by atoms with E-state index in [1.54, 1.807) is 0 Å². The van der Waals surface area contributed by atoms with Gasteiger partial charge in [0.1, 0.15) is 0 Å². The molecule has 0 spiro atoms. The molecule has 1 aliphatic carbocycles. The van der Waals surface area contributed by atoms with Gasteiger partial charge in [0, 0.05) is 6.54 Å². The smallest absolute Gasteiger partial charge is 0.451 e. The van der Waals surface area contributed by atoms with Crippen molar-refractivity contribution in [2.24, 2.45) is 11.7 Å². The van der Waals surface area contributed by atoms with Crippen LogP contribution in [0.15, 0.2) is 18.2 Å². The van der Waals surface area contributed by atoms with Crippen molar-refractivity contribution in [2.45, 2.75) is 38.0 Å². The van der Waals surface area contributed by atoms with Gasteiger partial charge >= 0.3 is 13.1 Å². The van der Waals surface area contributed by atoms with E-state index in [1.807, 2.05) is 18.2 Å². The molecule has 2 atom stereocenters. The summed E-state index contributed by atoms with van der Waals surface area (Å²) in [5, 5.41) is 30.1. The number of aliphatic carboxylic acids is 1. The fraction of sp³-hybridized carbons (Fsp3) is 0.500. The minimum atomic E-state index is -1.35. The van der Waals surface area contributed by atoms with Gasteiger partial charge in [0.15, 0.2) is 0 Å². The van der Waals surface area contributed by atoms with Crippen LogP contribution in [0, 0.1) is 5.92 Å². The summed E-state index contributed by atoms with van der Waals surface area (Å²) in [6.45, 7) is 0.235. The number of hydrogen-bond donors (Lipinski definition) is 5. The Morgan fingerprint density at radius 2 is 2.08 bits per heavy atom. The lowest BCUT2D eigenvalue weighted by atomic mass is 9.80. The summed E-state index contributed by atoms with van der Waals surface area (Å²) < 4.78 is 0. The average Bonchev–Trinajstić information content (AvgIpc) is 2.89. The van der Waals surface area contributed by atoms with E-state index in [1.165, 1.54) is 0 Å². The Balaban J connectivity index is 2.10. The highest BCUT2D eigenvalue weighted by molar-refractivity contribution is 6.40. The molecular weight excluding hydrogens is 311 g/mol. The van der Waals surface area contributed by atoms with Crippen LogP contribution in [0.3, 0.4) is 0 Å². The molecule has 0 aromatic heterocycles. The van der Waals surface area contributed by atoms with Crippen molar-refractivity contribution in [1.29, 1.82) is 0 Å². The number of carboxylic acid groups (broad SMARTS) is 1. The highest BCUT2D eigenvalue weighted by Gasteiger charge is 2.37. The molecule has 1 amide bonds. The number of carbonyl (C=O) groups is 2. The van der Waals surface area contributed by atoms with Gasteiger partial charge in [0.2, 0.25) is 5.91 Å². The molecule has 0 bridgehead atoms. The van der Waals surface area contributed by atoms with Crippen molar-refractivity contribution in [2.75, 3.05) is 6.54 Å². The lowest BCUT2D eigenvalue weighted by molar-refractivity contribution is -0.140. The van der Waals surface area contributed by atoms with E-state index < -0.39 is 19.0 Å². The van der Waals surface area contributed by atoms with Gasteiger partial charge in [0.25, 0.3) is 0 Å². The van der Waals surface area contributed by atoms with Crippen molar-refractivity contribution >= 4 is 19.0 Å². The van der Waals surface area contributed by atoms with Crippen LogP contribution in [-0.2, 0) is 22.6 Å². The predicted octanol–water partition coefficient (Wildman–Crippen LogP) is -0.145. The highest BCUT2D eigenvalue weighted by Crippen LogP contribution is 2.41. The molecule has 0 fully saturated rings. The van der Waals surface area contributed by atoms with E-state index in [-0.39, 0.29) is 24.7 Å². The minimum Gasteiger partial charge on any atom is -0.481 e. The lowest BCUT2D eigenvalue weighted by Gasteiger charge is -2.16. The molecule has 0 heterocycles. The monoisotopic (exact) mass is 334 g/mol. The molecule has 24 heavy (non-hydrogen) atoms. The Kier molecular flexibility index (Phi) is 6.36. The summed E-state index contributed by atoms with van der Waals surface area (Å²) >= 11 is 0. The fourth-order valence-electron chi connectivity index (χ4n) is 3.32. The zero-order valence-corrected chi connectivity index (χ0v) is 13.4. The maximum atomic E-state index is 11.7. The van der Waals surface area contributed by atoms with Crippen LogP contribution in [0.4, 0.5) is 0 Å².